The van der Waals surface area contributed by atoms with Gasteiger partial charge in [0, 0.05) is 66.5 Å². The van der Waals surface area contributed by atoms with E-state index in [-0.39, 0.29) is 12.0 Å². The average molecular weight is 817 g/mol. The zero-order valence-electron chi connectivity index (χ0n) is 34.9. The summed E-state index contributed by atoms with van der Waals surface area (Å²) in [6.45, 7) is 0. The van der Waals surface area contributed by atoms with Crippen LogP contribution in [0.3, 0.4) is 0 Å². The van der Waals surface area contributed by atoms with Gasteiger partial charge in [0.25, 0.3) is 0 Å². The number of anilines is 2. The summed E-state index contributed by atoms with van der Waals surface area (Å²) < 4.78 is 7.40. The van der Waals surface area contributed by atoms with Crippen molar-refractivity contribution < 1.29 is 0 Å². The van der Waals surface area contributed by atoms with Crippen LogP contribution in [0, 0.1) is 0 Å². The third-order valence-electron chi connectivity index (χ3n) is 13.9. The molecule has 4 heterocycles. The van der Waals surface area contributed by atoms with E-state index in [9.17, 15) is 0 Å². The molecule has 12 aromatic rings. The second-order valence-corrected chi connectivity index (χ2v) is 17.3. The molecule has 64 heavy (non-hydrogen) atoms. The number of aromatic nitrogens is 3. The lowest BCUT2D eigenvalue weighted by atomic mass is 9.90. The van der Waals surface area contributed by atoms with Crippen molar-refractivity contribution in [1.82, 2.24) is 13.7 Å². The molecule has 1 aliphatic heterocycles. The summed E-state index contributed by atoms with van der Waals surface area (Å²) >= 11 is 0. The van der Waals surface area contributed by atoms with Gasteiger partial charge < -0.3 is 18.6 Å². The number of para-hydroxylation sites is 6. The Morgan fingerprint density at radius 2 is 0.812 bits per heavy atom. The highest BCUT2D eigenvalue weighted by atomic mass is 15.2. The SMILES string of the molecule is C1=c2c(n(-c3ccccc3)c3ccccc23)=CC2c3ccccc3N(c3cccc(-c4cccc(-n5c6ccccc6c6ccc7c8ccccc8n(-c8ccccc8)c7c65)c4)c3)C12. The average Bonchev–Trinajstić information content (AvgIpc) is 4.09. The summed E-state index contributed by atoms with van der Waals surface area (Å²) in [6, 6.07) is 80.2. The molecule has 4 nitrogen and oxygen atoms in total. The molecule has 0 spiro atoms. The third-order valence-corrected chi connectivity index (χ3v) is 13.9. The maximum Gasteiger partial charge on any atom is 0.0788 e. The van der Waals surface area contributed by atoms with Gasteiger partial charge in [0.05, 0.1) is 39.0 Å². The molecule has 0 saturated carbocycles. The largest absolute Gasteiger partial charge is 0.333 e. The van der Waals surface area contributed by atoms with Gasteiger partial charge in [-0.3, -0.25) is 0 Å². The summed E-state index contributed by atoms with van der Waals surface area (Å²) in [4.78, 5) is 2.58. The van der Waals surface area contributed by atoms with Crippen molar-refractivity contribution in [3.8, 4) is 28.2 Å². The van der Waals surface area contributed by atoms with Crippen LogP contribution >= 0.6 is 0 Å². The maximum atomic E-state index is 2.58. The molecule has 0 saturated heterocycles. The van der Waals surface area contributed by atoms with Gasteiger partial charge in [-0.25, -0.2) is 0 Å². The standard InChI is InChI=1S/C60H40N4/c1-3-19-41(20-4-1)61-53-29-11-9-27-47(53)51-38-58-52(37-57(51)61)48-28-10-12-30-54(48)62(58)43-23-15-17-39(35-43)40-18-16-24-44(36-40)64-56-32-14-8-26-46(56)50-34-33-49-45-25-7-13-31-55(45)63(59(49)60(50)64)42-21-5-2-6-22-42/h1-38,52,58H. The molecule has 4 heteroatoms. The molecule has 0 radical (unpaired) electrons. The lowest BCUT2D eigenvalue weighted by Gasteiger charge is -2.29. The first-order valence-electron chi connectivity index (χ1n) is 22.3. The first-order valence-corrected chi connectivity index (χ1v) is 22.3. The third kappa shape index (κ3) is 4.99. The molecule has 1 aliphatic carbocycles. The minimum atomic E-state index is 0.123. The summed E-state index contributed by atoms with van der Waals surface area (Å²) in [7, 11) is 0. The van der Waals surface area contributed by atoms with E-state index in [4.69, 9.17) is 0 Å². The van der Waals surface area contributed by atoms with E-state index >= 15 is 0 Å². The van der Waals surface area contributed by atoms with Crippen LogP contribution in [-0.4, -0.2) is 19.7 Å². The van der Waals surface area contributed by atoms with Crippen molar-refractivity contribution >= 4 is 78.0 Å². The Hall–Kier alpha value is -8.34. The minimum Gasteiger partial charge on any atom is -0.333 e. The van der Waals surface area contributed by atoms with E-state index in [1.54, 1.807) is 0 Å². The van der Waals surface area contributed by atoms with Crippen molar-refractivity contribution in [1.29, 1.82) is 0 Å². The van der Waals surface area contributed by atoms with E-state index in [0.717, 1.165) is 11.4 Å². The zero-order valence-corrected chi connectivity index (χ0v) is 34.9. The van der Waals surface area contributed by atoms with Crippen molar-refractivity contribution in [3.05, 3.63) is 235 Å². The van der Waals surface area contributed by atoms with E-state index < -0.39 is 0 Å². The summed E-state index contributed by atoms with van der Waals surface area (Å²) in [5.41, 5.74) is 15.7. The highest BCUT2D eigenvalue weighted by Gasteiger charge is 2.39. The normalized spacial score (nSPS) is 15.4. The smallest absolute Gasteiger partial charge is 0.0788 e. The van der Waals surface area contributed by atoms with Crippen LogP contribution < -0.4 is 15.5 Å². The molecule has 2 atom stereocenters. The van der Waals surface area contributed by atoms with Crippen molar-refractivity contribution in [2.75, 3.05) is 4.90 Å². The Kier molecular flexibility index (Phi) is 7.48. The van der Waals surface area contributed by atoms with Gasteiger partial charge in [0.15, 0.2) is 0 Å². The van der Waals surface area contributed by atoms with Crippen LogP contribution in [0.1, 0.15) is 11.5 Å². The topological polar surface area (TPSA) is 18.0 Å². The van der Waals surface area contributed by atoms with Crippen LogP contribution in [0.4, 0.5) is 11.4 Å². The Balaban J connectivity index is 0.946. The van der Waals surface area contributed by atoms with Gasteiger partial charge in [-0.05, 0) is 95.6 Å². The first kappa shape index (κ1) is 35.3. The molecule has 2 unspecified atom stereocenters. The quantitative estimate of drug-likeness (QED) is 0.169. The van der Waals surface area contributed by atoms with Gasteiger partial charge in [-0.1, -0.05) is 152 Å². The maximum absolute atomic E-state index is 2.58. The fraction of sp³-hybridized carbons (Fsp3) is 0.0333. The van der Waals surface area contributed by atoms with E-state index in [0.29, 0.717) is 0 Å². The predicted molar refractivity (Wildman–Crippen MR) is 267 cm³/mol. The Morgan fingerprint density at radius 3 is 1.47 bits per heavy atom. The fourth-order valence-corrected chi connectivity index (χ4v) is 11.3. The molecule has 0 amide bonds. The number of benzene rings is 9. The predicted octanol–water partition coefficient (Wildman–Crippen LogP) is 13.4. The number of hydrogen-bond acceptors (Lipinski definition) is 1. The van der Waals surface area contributed by atoms with Crippen LogP contribution in [0.15, 0.2) is 218 Å². The van der Waals surface area contributed by atoms with Gasteiger partial charge in [0.2, 0.25) is 0 Å². The fourth-order valence-electron chi connectivity index (χ4n) is 11.3. The number of rotatable bonds is 5. The summed E-state index contributed by atoms with van der Waals surface area (Å²) in [5, 5.41) is 8.84. The summed E-state index contributed by atoms with van der Waals surface area (Å²) in [5.74, 6) is 0.195. The molecule has 0 N–H and O–H groups in total. The number of nitrogens with zero attached hydrogens (tertiary/aromatic N) is 4. The highest BCUT2D eigenvalue weighted by molar-refractivity contribution is 6.23. The van der Waals surface area contributed by atoms with E-state index in [1.807, 2.05) is 0 Å². The van der Waals surface area contributed by atoms with Gasteiger partial charge in [0.1, 0.15) is 0 Å². The Bertz CT molecular complexity index is 3980. The van der Waals surface area contributed by atoms with Crippen molar-refractivity contribution in [2.24, 2.45) is 0 Å². The van der Waals surface area contributed by atoms with Crippen molar-refractivity contribution in [3.63, 3.8) is 0 Å². The van der Waals surface area contributed by atoms with Gasteiger partial charge in [-0.15, -0.1) is 0 Å². The molecule has 3 aromatic heterocycles. The second kappa shape index (κ2) is 13.6. The van der Waals surface area contributed by atoms with E-state index in [2.05, 4.69) is 249 Å². The van der Waals surface area contributed by atoms with Gasteiger partial charge >= 0.3 is 0 Å². The second-order valence-electron chi connectivity index (χ2n) is 17.3. The molecule has 2 aliphatic rings. The van der Waals surface area contributed by atoms with Crippen LogP contribution in [0.25, 0.3) is 94.9 Å². The van der Waals surface area contributed by atoms with Crippen LogP contribution in [-0.2, 0) is 0 Å². The highest BCUT2D eigenvalue weighted by Crippen LogP contribution is 2.48. The monoisotopic (exact) mass is 816 g/mol. The summed E-state index contributed by atoms with van der Waals surface area (Å²) in [6.07, 6.45) is 5.06. The van der Waals surface area contributed by atoms with Crippen LogP contribution in [0.5, 0.6) is 0 Å². The van der Waals surface area contributed by atoms with Crippen molar-refractivity contribution in [2.45, 2.75) is 12.0 Å². The number of fused-ring (bicyclic) bond motifs is 13. The van der Waals surface area contributed by atoms with E-state index in [1.165, 1.54) is 98.8 Å². The Morgan fingerprint density at radius 1 is 0.328 bits per heavy atom. The molecule has 9 aromatic carbocycles. The van der Waals surface area contributed by atoms with Gasteiger partial charge in [-0.2, -0.15) is 0 Å². The number of hydrogen-bond donors (Lipinski definition) is 0. The van der Waals surface area contributed by atoms with Crippen LogP contribution in [0.2, 0.25) is 0 Å². The Labute approximate surface area is 369 Å². The molecular formula is C60H40N4. The minimum absolute atomic E-state index is 0.123. The zero-order chi connectivity index (χ0) is 41.9. The molecular weight excluding hydrogens is 777 g/mol. The molecule has 14 rings (SSSR count). The first-order chi connectivity index (χ1) is 31.8. The lowest BCUT2D eigenvalue weighted by Crippen LogP contribution is -2.39. The molecule has 0 bridgehead atoms. The molecule has 300 valence electrons. The lowest BCUT2D eigenvalue weighted by molar-refractivity contribution is 0.796. The molecule has 0 fully saturated rings.